The average Bonchev–Trinajstić information content (AvgIpc) is 2.14. The normalized spacial score (nSPS) is 15.9. The highest BCUT2D eigenvalue weighted by Crippen LogP contribution is 2.10. The highest BCUT2D eigenvalue weighted by Gasteiger charge is 2.27. The van der Waals surface area contributed by atoms with Crippen LogP contribution >= 0.6 is 0 Å². The first-order valence-corrected chi connectivity index (χ1v) is 6.24. The average molecular weight is 239 g/mol. The molecule has 0 spiro atoms. The number of nitrogens with one attached hydrogen (secondary N) is 1. The summed E-state index contributed by atoms with van der Waals surface area (Å²) in [5.74, 6) is -1.64. The molecule has 0 fully saturated rings. The molecule has 0 heterocycles. The predicted molar refractivity (Wildman–Crippen MR) is 55.0 cm³/mol. The largest absolute Gasteiger partial charge is 0.481 e. The number of carboxylic acids is 1. The van der Waals surface area contributed by atoms with E-state index in [-0.39, 0.29) is 6.61 Å². The van der Waals surface area contributed by atoms with E-state index in [0.29, 0.717) is 6.42 Å². The van der Waals surface area contributed by atoms with Gasteiger partial charge in [0.1, 0.15) is 0 Å². The van der Waals surface area contributed by atoms with E-state index < -0.39 is 33.7 Å². The SMILES string of the molecule is CCC(C)(CO)NS(=O)(=O)CCC(=O)O. The van der Waals surface area contributed by atoms with Crippen LogP contribution in [0.2, 0.25) is 0 Å². The summed E-state index contributed by atoms with van der Waals surface area (Å²) in [6.45, 7) is 2.97. The summed E-state index contributed by atoms with van der Waals surface area (Å²) in [6.07, 6.45) is -0.0175. The van der Waals surface area contributed by atoms with E-state index in [1.54, 1.807) is 13.8 Å². The molecule has 0 saturated heterocycles. The summed E-state index contributed by atoms with van der Waals surface area (Å²) in [5.41, 5.74) is -0.919. The molecule has 0 aromatic rings. The maximum Gasteiger partial charge on any atom is 0.304 e. The number of hydrogen-bond acceptors (Lipinski definition) is 4. The Bertz CT molecular complexity index is 307. The minimum absolute atomic E-state index is 0.324. The molecule has 15 heavy (non-hydrogen) atoms. The van der Waals surface area contributed by atoms with Crippen LogP contribution in [0.1, 0.15) is 26.7 Å². The number of rotatable bonds is 7. The molecule has 0 aliphatic carbocycles. The first-order valence-electron chi connectivity index (χ1n) is 4.59. The Hall–Kier alpha value is -0.660. The maximum atomic E-state index is 11.4. The van der Waals surface area contributed by atoms with Crippen molar-refractivity contribution in [1.82, 2.24) is 4.72 Å². The van der Waals surface area contributed by atoms with Crippen molar-refractivity contribution in [3.63, 3.8) is 0 Å². The first kappa shape index (κ1) is 14.3. The summed E-state index contributed by atoms with van der Waals surface area (Å²) in [5, 5.41) is 17.3. The molecule has 0 aliphatic heterocycles. The molecule has 3 N–H and O–H groups in total. The van der Waals surface area contributed by atoms with Gasteiger partial charge in [-0.2, -0.15) is 0 Å². The lowest BCUT2D eigenvalue weighted by molar-refractivity contribution is -0.136. The molecule has 1 unspecified atom stereocenters. The fourth-order valence-electron chi connectivity index (χ4n) is 0.864. The Kier molecular flexibility index (Phi) is 5.19. The Morgan fingerprint density at radius 2 is 2.00 bits per heavy atom. The highest BCUT2D eigenvalue weighted by atomic mass is 32.2. The molecule has 0 aromatic carbocycles. The van der Waals surface area contributed by atoms with Crippen LogP contribution < -0.4 is 4.72 Å². The minimum Gasteiger partial charge on any atom is -0.481 e. The van der Waals surface area contributed by atoms with Crippen LogP contribution in [0.4, 0.5) is 0 Å². The second kappa shape index (κ2) is 5.43. The van der Waals surface area contributed by atoms with Gasteiger partial charge in [-0.25, -0.2) is 13.1 Å². The van der Waals surface area contributed by atoms with Gasteiger partial charge in [0.2, 0.25) is 10.0 Å². The van der Waals surface area contributed by atoms with Crippen molar-refractivity contribution in [3.05, 3.63) is 0 Å². The molecule has 90 valence electrons. The molecule has 0 radical (unpaired) electrons. The third-order valence-corrected chi connectivity index (χ3v) is 3.66. The summed E-state index contributed by atoms with van der Waals surface area (Å²) < 4.78 is 25.0. The summed E-state index contributed by atoms with van der Waals surface area (Å²) in [6, 6.07) is 0. The van der Waals surface area contributed by atoms with E-state index in [9.17, 15) is 13.2 Å². The monoisotopic (exact) mass is 239 g/mol. The molecular weight excluding hydrogens is 222 g/mol. The second-order valence-corrected chi connectivity index (χ2v) is 5.48. The Balaban J connectivity index is 4.43. The minimum atomic E-state index is -3.65. The van der Waals surface area contributed by atoms with Crippen molar-refractivity contribution in [3.8, 4) is 0 Å². The van der Waals surface area contributed by atoms with Crippen LogP contribution in [-0.2, 0) is 14.8 Å². The quantitative estimate of drug-likeness (QED) is 0.558. The second-order valence-electron chi connectivity index (χ2n) is 3.64. The van der Waals surface area contributed by atoms with E-state index >= 15 is 0 Å². The van der Waals surface area contributed by atoms with Gasteiger partial charge in [0.05, 0.1) is 24.3 Å². The molecule has 0 aromatic heterocycles. The summed E-state index contributed by atoms with van der Waals surface area (Å²) >= 11 is 0. The van der Waals surface area contributed by atoms with Gasteiger partial charge in [-0.15, -0.1) is 0 Å². The van der Waals surface area contributed by atoms with Gasteiger partial charge in [-0.1, -0.05) is 6.92 Å². The van der Waals surface area contributed by atoms with E-state index in [0.717, 1.165) is 0 Å². The molecule has 0 saturated carbocycles. The number of hydrogen-bond donors (Lipinski definition) is 3. The fourth-order valence-corrected chi connectivity index (χ4v) is 2.37. The summed E-state index contributed by atoms with van der Waals surface area (Å²) in [7, 11) is -3.65. The molecule has 0 amide bonds. The third-order valence-electron chi connectivity index (χ3n) is 2.12. The Labute approximate surface area is 89.4 Å². The fraction of sp³-hybridized carbons (Fsp3) is 0.875. The van der Waals surface area contributed by atoms with E-state index in [2.05, 4.69) is 4.72 Å². The van der Waals surface area contributed by atoms with Crippen LogP contribution in [0.25, 0.3) is 0 Å². The highest BCUT2D eigenvalue weighted by molar-refractivity contribution is 7.89. The van der Waals surface area contributed by atoms with Crippen molar-refractivity contribution in [2.24, 2.45) is 0 Å². The van der Waals surface area contributed by atoms with Crippen molar-refractivity contribution in [2.45, 2.75) is 32.2 Å². The standard InChI is InChI=1S/C8H17NO5S/c1-3-8(2,6-10)9-15(13,14)5-4-7(11)12/h9-10H,3-6H2,1-2H3,(H,11,12). The number of aliphatic hydroxyl groups is 1. The Morgan fingerprint density at radius 1 is 1.47 bits per heavy atom. The molecule has 1 atom stereocenters. The van der Waals surface area contributed by atoms with Crippen molar-refractivity contribution in [2.75, 3.05) is 12.4 Å². The topological polar surface area (TPSA) is 104 Å². The van der Waals surface area contributed by atoms with Crippen molar-refractivity contribution < 1.29 is 23.4 Å². The molecule has 0 aliphatic rings. The molecule has 6 nitrogen and oxygen atoms in total. The van der Waals surface area contributed by atoms with E-state index in [4.69, 9.17) is 10.2 Å². The Morgan fingerprint density at radius 3 is 2.33 bits per heavy atom. The van der Waals surface area contributed by atoms with Crippen LogP contribution in [0.15, 0.2) is 0 Å². The van der Waals surface area contributed by atoms with Crippen LogP contribution in [0.5, 0.6) is 0 Å². The molecular formula is C8H17NO5S. The number of aliphatic carboxylic acids is 1. The zero-order valence-electron chi connectivity index (χ0n) is 8.86. The van der Waals surface area contributed by atoms with Gasteiger partial charge >= 0.3 is 5.97 Å². The van der Waals surface area contributed by atoms with E-state index in [1.165, 1.54) is 0 Å². The predicted octanol–water partition coefficient (Wildman–Crippen LogP) is -0.458. The maximum absolute atomic E-state index is 11.4. The lowest BCUT2D eigenvalue weighted by Gasteiger charge is -2.26. The zero-order valence-corrected chi connectivity index (χ0v) is 9.67. The molecule has 0 bridgehead atoms. The van der Waals surface area contributed by atoms with Gasteiger partial charge < -0.3 is 10.2 Å². The smallest absolute Gasteiger partial charge is 0.304 e. The van der Waals surface area contributed by atoms with Gasteiger partial charge in [-0.05, 0) is 13.3 Å². The number of sulfonamides is 1. The van der Waals surface area contributed by atoms with E-state index in [1.807, 2.05) is 0 Å². The zero-order chi connectivity index (χ0) is 12.1. The van der Waals surface area contributed by atoms with Crippen LogP contribution in [-0.4, -0.2) is 42.5 Å². The first-order chi connectivity index (χ1) is 6.74. The van der Waals surface area contributed by atoms with Gasteiger partial charge in [0.15, 0.2) is 0 Å². The molecule has 7 heteroatoms. The number of carboxylic acid groups (broad SMARTS) is 1. The van der Waals surface area contributed by atoms with Gasteiger partial charge in [0.25, 0.3) is 0 Å². The van der Waals surface area contributed by atoms with Crippen LogP contribution in [0, 0.1) is 0 Å². The summed E-state index contributed by atoms with van der Waals surface area (Å²) in [4.78, 5) is 10.2. The number of aliphatic hydroxyl groups excluding tert-OH is 1. The number of carbonyl (C=O) groups is 1. The van der Waals surface area contributed by atoms with Gasteiger partial charge in [-0.3, -0.25) is 4.79 Å². The van der Waals surface area contributed by atoms with Crippen LogP contribution in [0.3, 0.4) is 0 Å². The van der Waals surface area contributed by atoms with Gasteiger partial charge in [0, 0.05) is 0 Å². The lowest BCUT2D eigenvalue weighted by atomic mass is 10.0. The third kappa shape index (κ3) is 5.71. The van der Waals surface area contributed by atoms with Crippen molar-refractivity contribution in [1.29, 1.82) is 0 Å². The lowest BCUT2D eigenvalue weighted by Crippen LogP contribution is -2.49. The van der Waals surface area contributed by atoms with Crippen molar-refractivity contribution >= 4 is 16.0 Å². The molecule has 0 rings (SSSR count).